The number of hydrogen-bond donors (Lipinski definition) is 1. The zero-order valence-electron chi connectivity index (χ0n) is 10.8. The van der Waals surface area contributed by atoms with Crippen molar-refractivity contribution in [2.45, 2.75) is 25.3 Å². The molecule has 0 saturated carbocycles. The van der Waals surface area contributed by atoms with E-state index in [1.807, 2.05) is 0 Å². The van der Waals surface area contributed by atoms with E-state index in [0.29, 0.717) is 11.3 Å². The molecule has 1 unspecified atom stereocenters. The minimum absolute atomic E-state index is 0.0987. The zero-order chi connectivity index (χ0) is 15.8. The summed E-state index contributed by atoms with van der Waals surface area (Å²) in [5.41, 5.74) is -0.342. The molecule has 10 heteroatoms. The van der Waals surface area contributed by atoms with Gasteiger partial charge >= 0.3 is 12.1 Å². The molecule has 0 spiro atoms. The molecule has 1 saturated heterocycles. The van der Waals surface area contributed by atoms with Crippen LogP contribution in [0, 0.1) is 0 Å². The Kier molecular flexibility index (Phi) is 4.19. The van der Waals surface area contributed by atoms with Crippen molar-refractivity contribution < 1.29 is 32.6 Å². The number of hydrogen-bond acceptors (Lipinski definition) is 5. The van der Waals surface area contributed by atoms with Gasteiger partial charge in [-0.3, -0.25) is 4.79 Å². The third kappa shape index (κ3) is 3.50. The summed E-state index contributed by atoms with van der Waals surface area (Å²) >= 11 is 0.326. The van der Waals surface area contributed by atoms with Crippen LogP contribution in [0.5, 0.6) is 0 Å². The Balaban J connectivity index is 2.15. The molecule has 2 rings (SSSR count). The Bertz CT molecular complexity index is 560. The normalized spacial score (nSPS) is 23.1. The predicted octanol–water partition coefficient (Wildman–Crippen LogP) is 1.48. The van der Waals surface area contributed by atoms with E-state index in [1.54, 1.807) is 6.92 Å². The molecule has 21 heavy (non-hydrogen) atoms. The molecule has 1 aromatic rings. The first-order valence-corrected chi connectivity index (χ1v) is 6.76. The molecular formula is C11H11F3N2O4S. The smallest absolute Gasteiger partial charge is 0.443 e. The number of carboxylic acids is 1. The van der Waals surface area contributed by atoms with Crippen LogP contribution in [0.3, 0.4) is 0 Å². The third-order valence-corrected chi connectivity index (χ3v) is 3.68. The lowest BCUT2D eigenvalue weighted by molar-refractivity contribution is -0.160. The molecule has 1 aromatic heterocycles. The van der Waals surface area contributed by atoms with E-state index in [0.717, 1.165) is 10.3 Å². The van der Waals surface area contributed by atoms with Gasteiger partial charge in [-0.05, 0) is 6.92 Å². The molecule has 1 amide bonds. The molecule has 0 aliphatic carbocycles. The maximum Gasteiger partial charge on any atom is 0.443 e. The predicted molar refractivity (Wildman–Crippen MR) is 65.0 cm³/mol. The largest absolute Gasteiger partial charge is 0.479 e. The summed E-state index contributed by atoms with van der Waals surface area (Å²) in [7, 11) is 0. The summed E-state index contributed by atoms with van der Waals surface area (Å²) in [6.07, 6.45) is -6.33. The summed E-state index contributed by atoms with van der Waals surface area (Å²) in [4.78, 5) is 27.4. The average Bonchev–Trinajstić information content (AvgIpc) is 2.86. The first-order valence-electron chi connectivity index (χ1n) is 5.88. The van der Waals surface area contributed by atoms with Gasteiger partial charge in [0, 0.05) is 11.9 Å². The molecule has 0 bridgehead atoms. The van der Waals surface area contributed by atoms with Gasteiger partial charge < -0.3 is 14.7 Å². The van der Waals surface area contributed by atoms with Crippen LogP contribution in [-0.2, 0) is 15.7 Å². The maximum atomic E-state index is 12.5. The van der Waals surface area contributed by atoms with E-state index >= 15 is 0 Å². The second kappa shape index (κ2) is 5.60. The van der Waals surface area contributed by atoms with Gasteiger partial charge in [0.25, 0.3) is 5.91 Å². The molecule has 1 fully saturated rings. The number of ether oxygens (including phenoxy) is 1. The van der Waals surface area contributed by atoms with Crippen LogP contribution in [0.2, 0.25) is 0 Å². The van der Waals surface area contributed by atoms with Gasteiger partial charge in [0.15, 0.2) is 11.1 Å². The Morgan fingerprint density at radius 2 is 2.14 bits per heavy atom. The van der Waals surface area contributed by atoms with Gasteiger partial charge in [-0.25, -0.2) is 9.78 Å². The van der Waals surface area contributed by atoms with Crippen LogP contribution >= 0.6 is 11.3 Å². The van der Waals surface area contributed by atoms with Gasteiger partial charge in [0.05, 0.1) is 12.6 Å². The van der Waals surface area contributed by atoms with E-state index < -0.39 is 35.3 Å². The lowest BCUT2D eigenvalue weighted by Gasteiger charge is -2.34. The van der Waals surface area contributed by atoms with Gasteiger partial charge in [0.2, 0.25) is 0 Å². The molecule has 2 atom stereocenters. The topological polar surface area (TPSA) is 79.7 Å². The number of carbonyl (C=O) groups excluding carboxylic acids is 1. The van der Waals surface area contributed by atoms with Crippen LogP contribution < -0.4 is 0 Å². The number of thiazole rings is 1. The summed E-state index contributed by atoms with van der Waals surface area (Å²) in [5, 5.41) is 8.82. The molecule has 6 nitrogen and oxygen atoms in total. The average molecular weight is 324 g/mol. The Labute approximate surface area is 121 Å². The van der Waals surface area contributed by atoms with Crippen LogP contribution in [0.25, 0.3) is 0 Å². The van der Waals surface area contributed by atoms with E-state index in [-0.39, 0.29) is 18.8 Å². The number of rotatable bonds is 2. The fourth-order valence-corrected chi connectivity index (χ4v) is 2.58. The lowest BCUT2D eigenvalue weighted by Crippen LogP contribution is -2.51. The SMILES string of the molecule is C[C@@H]1CN(C(=O)c2csc(C(F)(F)F)n2)CC(C(=O)O)O1. The Morgan fingerprint density at radius 1 is 1.48 bits per heavy atom. The van der Waals surface area contributed by atoms with Crippen LogP contribution in [-0.4, -0.2) is 52.2 Å². The van der Waals surface area contributed by atoms with Gasteiger partial charge in [-0.15, -0.1) is 11.3 Å². The number of nitrogens with zero attached hydrogens (tertiary/aromatic N) is 2. The highest BCUT2D eigenvalue weighted by Gasteiger charge is 2.37. The number of aromatic nitrogens is 1. The third-order valence-electron chi connectivity index (χ3n) is 2.79. The van der Waals surface area contributed by atoms with Gasteiger partial charge in [0.1, 0.15) is 5.69 Å². The second-order valence-corrected chi connectivity index (χ2v) is 5.38. The number of morpholine rings is 1. The van der Waals surface area contributed by atoms with Crippen LogP contribution in [0.15, 0.2) is 5.38 Å². The van der Waals surface area contributed by atoms with E-state index in [1.165, 1.54) is 0 Å². The first-order chi connectivity index (χ1) is 9.68. The van der Waals surface area contributed by atoms with Gasteiger partial charge in [-0.2, -0.15) is 13.2 Å². The number of carbonyl (C=O) groups is 2. The van der Waals surface area contributed by atoms with Crippen molar-refractivity contribution in [1.82, 2.24) is 9.88 Å². The number of alkyl halides is 3. The minimum atomic E-state index is -4.61. The van der Waals surface area contributed by atoms with E-state index in [2.05, 4.69) is 4.98 Å². The summed E-state index contributed by atoms with van der Waals surface area (Å²) in [5.74, 6) is -1.96. The second-order valence-electron chi connectivity index (χ2n) is 4.52. The lowest BCUT2D eigenvalue weighted by atomic mass is 10.2. The van der Waals surface area contributed by atoms with Crippen molar-refractivity contribution in [2.24, 2.45) is 0 Å². The molecule has 1 aliphatic heterocycles. The first kappa shape index (κ1) is 15.7. The summed E-state index contributed by atoms with van der Waals surface area (Å²) in [6.45, 7) is 1.45. The highest BCUT2D eigenvalue weighted by Crippen LogP contribution is 2.32. The number of halogens is 3. The zero-order valence-corrected chi connectivity index (χ0v) is 11.6. The fraction of sp³-hybridized carbons (Fsp3) is 0.545. The van der Waals surface area contributed by atoms with Crippen LogP contribution in [0.1, 0.15) is 22.4 Å². The molecule has 2 heterocycles. The Hall–Kier alpha value is -1.68. The van der Waals surface area contributed by atoms with Crippen molar-refractivity contribution in [1.29, 1.82) is 0 Å². The van der Waals surface area contributed by atoms with Crippen molar-refractivity contribution >= 4 is 23.2 Å². The number of amides is 1. The molecule has 116 valence electrons. The minimum Gasteiger partial charge on any atom is -0.479 e. The molecule has 0 aromatic carbocycles. The molecule has 1 aliphatic rings. The van der Waals surface area contributed by atoms with Crippen LogP contribution in [0.4, 0.5) is 13.2 Å². The maximum absolute atomic E-state index is 12.5. The van der Waals surface area contributed by atoms with Gasteiger partial charge in [-0.1, -0.05) is 0 Å². The quantitative estimate of drug-likeness (QED) is 0.891. The molecule has 0 radical (unpaired) electrons. The van der Waals surface area contributed by atoms with Crippen molar-refractivity contribution in [3.63, 3.8) is 0 Å². The monoisotopic (exact) mass is 324 g/mol. The highest BCUT2D eigenvalue weighted by molar-refractivity contribution is 7.09. The van der Waals surface area contributed by atoms with E-state index in [4.69, 9.17) is 9.84 Å². The van der Waals surface area contributed by atoms with Crippen molar-refractivity contribution in [2.75, 3.05) is 13.1 Å². The van der Waals surface area contributed by atoms with Crippen molar-refractivity contribution in [3.8, 4) is 0 Å². The van der Waals surface area contributed by atoms with E-state index in [9.17, 15) is 22.8 Å². The number of aliphatic carboxylic acids is 1. The summed E-state index contributed by atoms with van der Waals surface area (Å²) in [6, 6.07) is 0. The Morgan fingerprint density at radius 3 is 2.67 bits per heavy atom. The highest BCUT2D eigenvalue weighted by atomic mass is 32.1. The molecule has 1 N–H and O–H groups in total. The number of carboxylic acid groups (broad SMARTS) is 1. The standard InChI is InChI=1S/C11H11F3N2O4S/c1-5-2-16(3-7(20-5)9(18)19)8(17)6-4-21-10(15-6)11(12,13)14/h4-5,7H,2-3H2,1H3,(H,18,19)/t5-,7?/m1/s1. The fourth-order valence-electron chi connectivity index (χ4n) is 1.92. The summed E-state index contributed by atoms with van der Waals surface area (Å²) < 4.78 is 42.5. The molecular weight excluding hydrogens is 313 g/mol. The van der Waals surface area contributed by atoms with Crippen molar-refractivity contribution in [3.05, 3.63) is 16.1 Å².